The fourth-order valence-corrected chi connectivity index (χ4v) is 2.96. The maximum Gasteiger partial charge on any atom is 0.309 e. The van der Waals surface area contributed by atoms with Crippen LogP contribution in [0, 0.1) is 34.1 Å². The lowest BCUT2D eigenvalue weighted by atomic mass is 10.4. The van der Waals surface area contributed by atoms with Crippen LogP contribution in [0.2, 0.25) is 0 Å². The Hall–Kier alpha value is -4.36. The summed E-state index contributed by atoms with van der Waals surface area (Å²) in [4.78, 5) is 20.4. The van der Waals surface area contributed by atoms with Gasteiger partial charge in [0.1, 0.15) is 23.8 Å². The van der Waals surface area contributed by atoms with Gasteiger partial charge in [0.25, 0.3) is 0 Å². The first kappa shape index (κ1) is 22.3. The van der Waals surface area contributed by atoms with Crippen molar-refractivity contribution in [3.8, 4) is 0 Å². The lowest BCUT2D eigenvalue weighted by Crippen LogP contribution is -2.05. The largest absolute Gasteiger partial charge is 0.309 e. The van der Waals surface area contributed by atoms with Gasteiger partial charge in [-0.3, -0.25) is 39.0 Å². The Morgan fingerprint density at radius 1 is 0.875 bits per heavy atom. The van der Waals surface area contributed by atoms with E-state index in [1.165, 1.54) is 17.1 Å². The zero-order chi connectivity index (χ0) is 23.4. The summed E-state index contributed by atoms with van der Waals surface area (Å²) in [5, 5.41) is 37.6. The Bertz CT molecular complexity index is 1240. The smallest absolute Gasteiger partial charge is 0.275 e. The zero-order valence-corrected chi connectivity index (χ0v) is 18.0. The van der Waals surface area contributed by atoms with Crippen LogP contribution in [0.4, 0.5) is 11.4 Å². The van der Waals surface area contributed by atoms with E-state index in [-0.39, 0.29) is 11.4 Å². The maximum absolute atomic E-state index is 10.6. The molecule has 0 atom stereocenters. The average Bonchev–Trinajstić information content (AvgIpc) is 3.47. The molecule has 0 radical (unpaired) electrons. The monoisotopic (exact) mass is 442 g/mol. The third kappa shape index (κ3) is 5.21. The minimum absolute atomic E-state index is 0.0379. The highest BCUT2D eigenvalue weighted by molar-refractivity contribution is 5.32. The molecule has 0 N–H and O–H groups in total. The molecule has 14 nitrogen and oxygen atoms in total. The summed E-state index contributed by atoms with van der Waals surface area (Å²) in [6.45, 7) is 4.18. The molecule has 0 unspecified atom stereocenters. The van der Waals surface area contributed by atoms with E-state index in [0.717, 1.165) is 11.4 Å². The van der Waals surface area contributed by atoms with Gasteiger partial charge in [-0.25, -0.2) is 0 Å². The van der Waals surface area contributed by atoms with Crippen molar-refractivity contribution in [2.45, 2.75) is 26.9 Å². The van der Waals surface area contributed by atoms with Crippen LogP contribution in [0.25, 0.3) is 0 Å². The van der Waals surface area contributed by atoms with Crippen molar-refractivity contribution in [3.05, 3.63) is 79.9 Å². The Balaban J connectivity index is 0.000000181. The number of aryl methyl sites for hydroxylation is 3. The Morgan fingerprint density at radius 2 is 1.44 bits per heavy atom. The van der Waals surface area contributed by atoms with Gasteiger partial charge in [-0.2, -0.15) is 20.4 Å². The summed E-state index contributed by atoms with van der Waals surface area (Å²) in [7, 11) is 3.64. The first-order valence-corrected chi connectivity index (χ1v) is 9.46. The molecule has 0 aliphatic rings. The van der Waals surface area contributed by atoms with E-state index in [2.05, 4.69) is 20.4 Å². The van der Waals surface area contributed by atoms with Crippen molar-refractivity contribution in [2.24, 2.45) is 14.1 Å². The minimum Gasteiger partial charge on any atom is -0.275 e. The van der Waals surface area contributed by atoms with Crippen molar-refractivity contribution >= 4 is 11.4 Å². The summed E-state index contributed by atoms with van der Waals surface area (Å²) in [6.07, 6.45) is 6.32. The van der Waals surface area contributed by atoms with E-state index in [4.69, 9.17) is 0 Å². The van der Waals surface area contributed by atoms with E-state index in [0.29, 0.717) is 24.5 Å². The molecule has 4 heterocycles. The minimum atomic E-state index is -0.433. The molecule has 0 fully saturated rings. The van der Waals surface area contributed by atoms with Crippen LogP contribution in [0.3, 0.4) is 0 Å². The molecule has 0 aliphatic heterocycles. The van der Waals surface area contributed by atoms with Crippen LogP contribution in [-0.2, 0) is 27.2 Å². The van der Waals surface area contributed by atoms with Crippen LogP contribution in [0.1, 0.15) is 22.8 Å². The molecule has 0 aromatic carbocycles. The molecular weight excluding hydrogens is 420 g/mol. The van der Waals surface area contributed by atoms with Gasteiger partial charge in [-0.1, -0.05) is 0 Å². The van der Waals surface area contributed by atoms with Gasteiger partial charge >= 0.3 is 11.4 Å². The van der Waals surface area contributed by atoms with Gasteiger partial charge in [-0.15, -0.1) is 0 Å². The lowest BCUT2D eigenvalue weighted by Gasteiger charge is -1.99. The topological polar surface area (TPSA) is 158 Å². The predicted molar refractivity (Wildman–Crippen MR) is 112 cm³/mol. The van der Waals surface area contributed by atoms with Crippen LogP contribution in [-0.4, -0.2) is 49.0 Å². The maximum atomic E-state index is 10.6. The highest BCUT2D eigenvalue weighted by atomic mass is 16.6. The Kier molecular flexibility index (Phi) is 6.42. The molecule has 4 aromatic heterocycles. The summed E-state index contributed by atoms with van der Waals surface area (Å²) in [5.41, 5.74) is 2.67. The molecule has 0 aliphatic carbocycles. The Morgan fingerprint density at radius 3 is 1.88 bits per heavy atom. The third-order valence-electron chi connectivity index (χ3n) is 4.56. The van der Waals surface area contributed by atoms with Gasteiger partial charge in [-0.05, 0) is 26.0 Å². The summed E-state index contributed by atoms with van der Waals surface area (Å²) in [5.74, 6) is 0. The van der Waals surface area contributed by atoms with Crippen LogP contribution in [0.5, 0.6) is 0 Å². The molecule has 168 valence electrons. The van der Waals surface area contributed by atoms with Crippen LogP contribution < -0.4 is 0 Å². The van der Waals surface area contributed by atoms with Crippen molar-refractivity contribution in [2.75, 3.05) is 0 Å². The van der Waals surface area contributed by atoms with Gasteiger partial charge in [0.15, 0.2) is 0 Å². The molecule has 32 heavy (non-hydrogen) atoms. The second-order valence-corrected chi connectivity index (χ2v) is 7.05. The molecule has 4 rings (SSSR count). The normalized spacial score (nSPS) is 10.6. The molecule has 4 aromatic rings. The first-order valence-electron chi connectivity index (χ1n) is 9.46. The van der Waals surface area contributed by atoms with Crippen molar-refractivity contribution in [1.29, 1.82) is 0 Å². The Labute approximate surface area is 182 Å². The summed E-state index contributed by atoms with van der Waals surface area (Å²) >= 11 is 0. The summed E-state index contributed by atoms with van der Waals surface area (Å²) in [6, 6.07) is 3.70. The number of nitro groups is 2. The number of hydrogen-bond acceptors (Lipinski definition) is 8. The van der Waals surface area contributed by atoms with E-state index < -0.39 is 9.85 Å². The summed E-state index contributed by atoms with van der Waals surface area (Å²) < 4.78 is 6.46. The molecule has 14 heteroatoms. The molecule has 0 amide bonds. The highest BCUT2D eigenvalue weighted by Gasteiger charge is 2.17. The second-order valence-electron chi connectivity index (χ2n) is 7.05. The SMILES string of the molecule is Cc1c([N+](=O)[O-])cnn1Cc1ccn(C)n1.Cc1nn(Cc2ccn(C)n2)cc1[N+](=O)[O-]. The number of nitrogens with zero attached hydrogens (tertiary/aromatic N) is 10. The lowest BCUT2D eigenvalue weighted by molar-refractivity contribution is -0.385. The number of rotatable bonds is 6. The molecule has 0 saturated heterocycles. The molecular formula is C18H22N10O4. The van der Waals surface area contributed by atoms with Crippen molar-refractivity contribution in [3.63, 3.8) is 0 Å². The van der Waals surface area contributed by atoms with E-state index in [1.807, 2.05) is 38.6 Å². The van der Waals surface area contributed by atoms with Crippen LogP contribution >= 0.6 is 0 Å². The first-order chi connectivity index (χ1) is 15.1. The van der Waals surface area contributed by atoms with Crippen LogP contribution in [0.15, 0.2) is 36.9 Å². The fraction of sp³-hybridized carbons (Fsp3) is 0.333. The molecule has 0 saturated carbocycles. The van der Waals surface area contributed by atoms with E-state index in [1.54, 1.807) is 27.9 Å². The number of hydrogen-bond donors (Lipinski definition) is 0. The second kappa shape index (κ2) is 9.20. The van der Waals surface area contributed by atoms with Crippen molar-refractivity contribution in [1.82, 2.24) is 39.1 Å². The quantitative estimate of drug-likeness (QED) is 0.323. The van der Waals surface area contributed by atoms with E-state index in [9.17, 15) is 20.2 Å². The zero-order valence-electron chi connectivity index (χ0n) is 18.0. The fourth-order valence-electron chi connectivity index (χ4n) is 2.96. The predicted octanol–water partition coefficient (Wildman–Crippen LogP) is 1.76. The molecule has 0 bridgehead atoms. The van der Waals surface area contributed by atoms with E-state index >= 15 is 0 Å². The van der Waals surface area contributed by atoms with Gasteiger partial charge in [0.2, 0.25) is 0 Å². The highest BCUT2D eigenvalue weighted by Crippen LogP contribution is 2.17. The van der Waals surface area contributed by atoms with Crippen molar-refractivity contribution < 1.29 is 9.85 Å². The standard InChI is InChI=1S/2C9H11N5O2/c1-7-9(14(15)16)5-10-13(7)6-8-3-4-12(2)11-8;1-7-9(14(15)16)6-13(10-7)5-8-3-4-12(2)11-8/h3-5H,6H2,1-2H3;3-4,6H,5H2,1-2H3. The van der Waals surface area contributed by atoms with Gasteiger partial charge in [0.05, 0.1) is 34.3 Å². The molecule has 0 spiro atoms. The third-order valence-corrected chi connectivity index (χ3v) is 4.56. The number of aromatic nitrogens is 8. The van der Waals surface area contributed by atoms with Gasteiger partial charge in [0, 0.05) is 26.5 Å². The van der Waals surface area contributed by atoms with Gasteiger partial charge < -0.3 is 0 Å². The average molecular weight is 442 g/mol.